The largest absolute Gasteiger partial charge is 0.493 e. The molecule has 0 radical (unpaired) electrons. The highest BCUT2D eigenvalue weighted by Crippen LogP contribution is 2.38. The second-order valence-electron chi connectivity index (χ2n) is 7.17. The lowest BCUT2D eigenvalue weighted by Crippen LogP contribution is -2.05. The molecule has 0 unspecified atom stereocenters. The molecule has 4 nitrogen and oxygen atoms in total. The molecule has 4 heteroatoms. The molecule has 0 atom stereocenters. The number of ether oxygens (including phenoxy) is 2. The van der Waals surface area contributed by atoms with Crippen molar-refractivity contribution in [3.8, 4) is 11.5 Å². The summed E-state index contributed by atoms with van der Waals surface area (Å²) in [6.07, 6.45) is 0. The second-order valence-corrected chi connectivity index (χ2v) is 7.17. The van der Waals surface area contributed by atoms with Gasteiger partial charge in [-0.15, -0.1) is 0 Å². The Hall–Kier alpha value is -3.66. The normalized spacial score (nSPS) is 11.4. The van der Waals surface area contributed by atoms with Crippen LogP contribution in [0.5, 0.6) is 11.5 Å². The van der Waals surface area contributed by atoms with Gasteiger partial charge < -0.3 is 19.4 Å². The molecule has 3 aromatic carbocycles. The summed E-state index contributed by atoms with van der Waals surface area (Å²) < 4.78 is 11.0. The van der Waals surface area contributed by atoms with Crippen molar-refractivity contribution >= 4 is 21.8 Å². The molecule has 2 N–H and O–H groups in total. The SMILES string of the molecule is COc1ccc(C(c2cc3ccccc3[nH]2)c2cc3ccccc3[nH]2)cc1OC. The van der Waals surface area contributed by atoms with Crippen LogP contribution in [-0.2, 0) is 0 Å². The van der Waals surface area contributed by atoms with E-state index in [-0.39, 0.29) is 5.92 Å². The molecule has 0 amide bonds. The van der Waals surface area contributed by atoms with E-state index in [1.165, 1.54) is 10.8 Å². The average molecular weight is 382 g/mol. The number of H-pyrrole nitrogens is 2. The number of nitrogens with one attached hydrogen (secondary N) is 2. The molecule has 5 aromatic rings. The monoisotopic (exact) mass is 382 g/mol. The fourth-order valence-corrected chi connectivity index (χ4v) is 4.06. The highest BCUT2D eigenvalue weighted by molar-refractivity contribution is 5.83. The number of aromatic amines is 2. The van der Waals surface area contributed by atoms with Crippen molar-refractivity contribution < 1.29 is 9.47 Å². The lowest BCUT2D eigenvalue weighted by molar-refractivity contribution is 0.354. The van der Waals surface area contributed by atoms with Crippen molar-refractivity contribution in [2.24, 2.45) is 0 Å². The van der Waals surface area contributed by atoms with Gasteiger partial charge >= 0.3 is 0 Å². The van der Waals surface area contributed by atoms with Crippen molar-refractivity contribution in [1.82, 2.24) is 9.97 Å². The molecule has 29 heavy (non-hydrogen) atoms. The number of hydrogen-bond donors (Lipinski definition) is 2. The van der Waals surface area contributed by atoms with Crippen LogP contribution < -0.4 is 9.47 Å². The van der Waals surface area contributed by atoms with Crippen LogP contribution in [0.25, 0.3) is 21.8 Å². The summed E-state index contributed by atoms with van der Waals surface area (Å²) in [6, 6.07) is 27.3. The van der Waals surface area contributed by atoms with Gasteiger partial charge in [-0.2, -0.15) is 0 Å². The maximum absolute atomic E-state index is 5.57. The van der Waals surface area contributed by atoms with Gasteiger partial charge in [0.15, 0.2) is 11.5 Å². The fraction of sp³-hybridized carbons (Fsp3) is 0.120. The molecule has 0 saturated heterocycles. The van der Waals surface area contributed by atoms with E-state index in [1.54, 1.807) is 14.2 Å². The van der Waals surface area contributed by atoms with Gasteiger partial charge in [0, 0.05) is 22.4 Å². The highest BCUT2D eigenvalue weighted by Gasteiger charge is 2.22. The summed E-state index contributed by atoms with van der Waals surface area (Å²) in [4.78, 5) is 7.22. The summed E-state index contributed by atoms with van der Waals surface area (Å²) in [7, 11) is 3.33. The standard InChI is InChI=1S/C25H22N2O2/c1-28-23-12-11-18(15-24(23)29-2)25(21-13-16-7-3-5-9-19(16)26-21)22-14-17-8-4-6-10-20(17)27-22/h3-15,25-27H,1-2H3. The number of aromatic nitrogens is 2. The van der Waals surface area contributed by atoms with E-state index in [1.807, 2.05) is 6.07 Å². The minimum Gasteiger partial charge on any atom is -0.493 e. The fourth-order valence-electron chi connectivity index (χ4n) is 4.06. The van der Waals surface area contributed by atoms with Crippen molar-refractivity contribution in [3.05, 3.63) is 95.8 Å². The van der Waals surface area contributed by atoms with Gasteiger partial charge in [-0.25, -0.2) is 0 Å². The lowest BCUT2D eigenvalue weighted by atomic mass is 9.92. The number of rotatable bonds is 5. The summed E-state index contributed by atoms with van der Waals surface area (Å²) in [5.41, 5.74) is 5.64. The van der Waals surface area contributed by atoms with Crippen molar-refractivity contribution in [3.63, 3.8) is 0 Å². The van der Waals surface area contributed by atoms with E-state index in [2.05, 4.69) is 82.8 Å². The van der Waals surface area contributed by atoms with Crippen LogP contribution in [-0.4, -0.2) is 24.2 Å². The van der Waals surface area contributed by atoms with Gasteiger partial charge in [0.2, 0.25) is 0 Å². The number of hydrogen-bond acceptors (Lipinski definition) is 2. The number of benzene rings is 3. The van der Waals surface area contributed by atoms with Crippen LogP contribution in [0.1, 0.15) is 22.9 Å². The Morgan fingerprint density at radius 2 is 1.17 bits per heavy atom. The van der Waals surface area contributed by atoms with Crippen LogP contribution in [0.2, 0.25) is 0 Å². The summed E-state index contributed by atoms with van der Waals surface area (Å²) in [5, 5.41) is 2.40. The Kier molecular flexibility index (Phi) is 4.24. The second kappa shape index (κ2) is 7.06. The van der Waals surface area contributed by atoms with Crippen LogP contribution in [0.3, 0.4) is 0 Å². The van der Waals surface area contributed by atoms with Gasteiger partial charge in [-0.05, 0) is 52.7 Å². The molecule has 0 aliphatic heterocycles. The zero-order valence-corrected chi connectivity index (χ0v) is 16.4. The molecule has 0 saturated carbocycles. The molecule has 2 heterocycles. The summed E-state index contributed by atoms with van der Waals surface area (Å²) >= 11 is 0. The van der Waals surface area contributed by atoms with E-state index in [4.69, 9.17) is 9.47 Å². The van der Waals surface area contributed by atoms with Crippen molar-refractivity contribution in [2.75, 3.05) is 14.2 Å². The first kappa shape index (κ1) is 17.4. The maximum atomic E-state index is 5.57. The van der Waals surface area contributed by atoms with Crippen LogP contribution in [0.4, 0.5) is 0 Å². The lowest BCUT2D eigenvalue weighted by Gasteiger charge is -2.17. The predicted molar refractivity (Wildman–Crippen MR) is 117 cm³/mol. The van der Waals surface area contributed by atoms with Crippen LogP contribution in [0, 0.1) is 0 Å². The van der Waals surface area contributed by atoms with Gasteiger partial charge in [0.1, 0.15) is 0 Å². The Balaban J connectivity index is 1.72. The predicted octanol–water partition coefficient (Wildman–Crippen LogP) is 5.85. The Morgan fingerprint density at radius 1 is 0.621 bits per heavy atom. The van der Waals surface area contributed by atoms with E-state index >= 15 is 0 Å². The van der Waals surface area contributed by atoms with E-state index in [0.717, 1.165) is 39.5 Å². The smallest absolute Gasteiger partial charge is 0.161 e. The Bertz CT molecular complexity index is 1160. The number of para-hydroxylation sites is 2. The molecular formula is C25H22N2O2. The molecule has 0 aliphatic rings. The number of fused-ring (bicyclic) bond motifs is 2. The van der Waals surface area contributed by atoms with E-state index in [9.17, 15) is 0 Å². The van der Waals surface area contributed by atoms with Crippen molar-refractivity contribution in [2.45, 2.75) is 5.92 Å². The van der Waals surface area contributed by atoms with E-state index < -0.39 is 0 Å². The molecule has 5 rings (SSSR count). The minimum absolute atomic E-state index is 0.00889. The molecule has 0 fully saturated rings. The average Bonchev–Trinajstić information content (AvgIpc) is 3.37. The van der Waals surface area contributed by atoms with Gasteiger partial charge in [0.05, 0.1) is 20.1 Å². The maximum Gasteiger partial charge on any atom is 0.161 e. The minimum atomic E-state index is 0.00889. The van der Waals surface area contributed by atoms with Gasteiger partial charge in [-0.1, -0.05) is 42.5 Å². The third-order valence-electron chi connectivity index (χ3n) is 5.46. The van der Waals surface area contributed by atoms with Crippen LogP contribution in [0.15, 0.2) is 78.9 Å². The molecule has 144 valence electrons. The summed E-state index contributed by atoms with van der Waals surface area (Å²) in [5.74, 6) is 1.46. The van der Waals surface area contributed by atoms with Gasteiger partial charge in [0.25, 0.3) is 0 Å². The Labute approximate surface area is 169 Å². The van der Waals surface area contributed by atoms with Crippen molar-refractivity contribution in [1.29, 1.82) is 0 Å². The third-order valence-corrected chi connectivity index (χ3v) is 5.46. The van der Waals surface area contributed by atoms with Crippen LogP contribution >= 0.6 is 0 Å². The van der Waals surface area contributed by atoms with E-state index in [0.29, 0.717) is 0 Å². The van der Waals surface area contributed by atoms with Gasteiger partial charge in [-0.3, -0.25) is 0 Å². The zero-order valence-electron chi connectivity index (χ0n) is 16.4. The topological polar surface area (TPSA) is 50.0 Å². The first-order chi connectivity index (χ1) is 14.3. The Morgan fingerprint density at radius 3 is 1.69 bits per heavy atom. The quantitative estimate of drug-likeness (QED) is 0.401. The molecule has 2 aromatic heterocycles. The molecule has 0 aliphatic carbocycles. The molecule has 0 spiro atoms. The number of methoxy groups -OCH3 is 2. The molecule has 0 bridgehead atoms. The first-order valence-corrected chi connectivity index (χ1v) is 9.64. The zero-order chi connectivity index (χ0) is 19.8. The summed E-state index contributed by atoms with van der Waals surface area (Å²) in [6.45, 7) is 0. The third kappa shape index (κ3) is 3.03. The first-order valence-electron chi connectivity index (χ1n) is 9.64. The molecular weight excluding hydrogens is 360 g/mol. The highest BCUT2D eigenvalue weighted by atomic mass is 16.5.